The van der Waals surface area contributed by atoms with E-state index < -0.39 is 30.0 Å². The van der Waals surface area contributed by atoms with Crippen LogP contribution in [0.1, 0.15) is 81.3 Å². The van der Waals surface area contributed by atoms with E-state index in [0.29, 0.717) is 30.2 Å². The number of benzene rings is 3. The molecule has 9 heteroatoms. The second kappa shape index (κ2) is 12.2. The summed E-state index contributed by atoms with van der Waals surface area (Å²) in [5.74, 6) is -2.14. The second-order valence-electron chi connectivity index (χ2n) is 11.7. The van der Waals surface area contributed by atoms with Gasteiger partial charge in [0.1, 0.15) is 23.1 Å². The summed E-state index contributed by atoms with van der Waals surface area (Å²) >= 11 is 0. The van der Waals surface area contributed by atoms with Gasteiger partial charge >= 0.3 is 12.5 Å². The molecule has 2 nitrogen and oxygen atoms in total. The standard InChI is InChI=1S/C33H33F7O2/c1-20-2-4-21(5-3-20)24-10-16-28(30(34)18-24)22-6-11-25(12-7-22)32(36,37)41-27-15-17-29(31(35)19-27)23-8-13-26(14-9-23)42-33(38,39)40/h8-10,13-22,25H,2-7,11-12H2,1H3. The summed E-state index contributed by atoms with van der Waals surface area (Å²) in [7, 11) is 0. The van der Waals surface area contributed by atoms with E-state index in [1.54, 1.807) is 6.07 Å². The molecule has 2 fully saturated rings. The quantitative estimate of drug-likeness (QED) is 0.253. The topological polar surface area (TPSA) is 18.5 Å². The molecule has 5 rings (SSSR count). The van der Waals surface area contributed by atoms with Gasteiger partial charge in [-0.05, 0) is 103 Å². The summed E-state index contributed by atoms with van der Waals surface area (Å²) in [6, 6.07) is 13.2. The van der Waals surface area contributed by atoms with E-state index in [4.69, 9.17) is 4.74 Å². The Bertz CT molecular complexity index is 1350. The Morgan fingerprint density at radius 3 is 1.83 bits per heavy atom. The minimum Gasteiger partial charge on any atom is -0.432 e. The van der Waals surface area contributed by atoms with Crippen molar-refractivity contribution in [2.75, 3.05) is 0 Å². The molecule has 0 N–H and O–H groups in total. The van der Waals surface area contributed by atoms with Crippen LogP contribution in [-0.4, -0.2) is 12.5 Å². The molecule has 0 heterocycles. The molecule has 2 saturated carbocycles. The minimum absolute atomic E-state index is 0.0100. The fourth-order valence-corrected chi connectivity index (χ4v) is 6.33. The van der Waals surface area contributed by atoms with Crippen molar-refractivity contribution in [1.29, 1.82) is 0 Å². The van der Waals surface area contributed by atoms with Gasteiger partial charge in [0, 0.05) is 11.6 Å². The first kappa shape index (κ1) is 30.2. The average Bonchev–Trinajstić information content (AvgIpc) is 2.93. The van der Waals surface area contributed by atoms with Crippen molar-refractivity contribution in [3.63, 3.8) is 0 Å². The van der Waals surface area contributed by atoms with Crippen LogP contribution < -0.4 is 9.47 Å². The van der Waals surface area contributed by atoms with E-state index in [1.807, 2.05) is 12.1 Å². The van der Waals surface area contributed by atoms with Crippen LogP contribution in [0, 0.1) is 23.5 Å². The molecular formula is C33H33F7O2. The predicted molar refractivity (Wildman–Crippen MR) is 146 cm³/mol. The number of rotatable bonds is 7. The first-order valence-corrected chi connectivity index (χ1v) is 14.4. The summed E-state index contributed by atoms with van der Waals surface area (Å²) in [5.41, 5.74) is 1.84. The molecule has 3 aromatic rings. The summed E-state index contributed by atoms with van der Waals surface area (Å²) in [6.07, 6.45) is -2.97. The Labute approximate surface area is 240 Å². The van der Waals surface area contributed by atoms with Gasteiger partial charge in [-0.25, -0.2) is 8.78 Å². The second-order valence-corrected chi connectivity index (χ2v) is 11.7. The third-order valence-electron chi connectivity index (χ3n) is 8.75. The molecule has 42 heavy (non-hydrogen) atoms. The van der Waals surface area contributed by atoms with Crippen LogP contribution in [-0.2, 0) is 0 Å². The van der Waals surface area contributed by atoms with Gasteiger partial charge < -0.3 is 9.47 Å². The van der Waals surface area contributed by atoms with E-state index >= 15 is 13.2 Å². The fourth-order valence-electron chi connectivity index (χ4n) is 6.33. The maximum atomic E-state index is 15.1. The molecule has 0 radical (unpaired) electrons. The molecule has 3 aromatic carbocycles. The Morgan fingerprint density at radius 1 is 0.619 bits per heavy atom. The Kier molecular flexibility index (Phi) is 8.76. The highest BCUT2D eigenvalue weighted by atomic mass is 19.4. The molecule has 0 amide bonds. The molecule has 0 saturated heterocycles. The van der Waals surface area contributed by atoms with Crippen molar-refractivity contribution in [2.24, 2.45) is 11.8 Å². The average molecular weight is 595 g/mol. The maximum Gasteiger partial charge on any atom is 0.573 e. The number of halogens is 7. The van der Waals surface area contributed by atoms with Crippen molar-refractivity contribution in [3.05, 3.63) is 83.4 Å². The van der Waals surface area contributed by atoms with Gasteiger partial charge in [-0.1, -0.05) is 44.0 Å². The molecule has 0 atom stereocenters. The highest BCUT2D eigenvalue weighted by Crippen LogP contribution is 2.45. The van der Waals surface area contributed by atoms with E-state index in [-0.39, 0.29) is 41.5 Å². The van der Waals surface area contributed by atoms with Crippen LogP contribution in [0.25, 0.3) is 11.1 Å². The first-order chi connectivity index (χ1) is 19.9. The summed E-state index contributed by atoms with van der Waals surface area (Å²) in [5, 5.41) is 0. The number of hydrogen-bond donors (Lipinski definition) is 0. The SMILES string of the molecule is CC1CCC(c2ccc(C3CCC(C(F)(F)Oc4ccc(-c5ccc(OC(F)(F)F)cc5)c(F)c4)CC3)c(F)c2)CC1. The van der Waals surface area contributed by atoms with Crippen molar-refractivity contribution in [1.82, 2.24) is 0 Å². The van der Waals surface area contributed by atoms with Crippen LogP contribution >= 0.6 is 0 Å². The lowest BCUT2D eigenvalue weighted by atomic mass is 9.76. The lowest BCUT2D eigenvalue weighted by Crippen LogP contribution is -2.37. The summed E-state index contributed by atoms with van der Waals surface area (Å²) in [4.78, 5) is 0. The smallest absolute Gasteiger partial charge is 0.432 e. The van der Waals surface area contributed by atoms with Crippen LogP contribution in [0.4, 0.5) is 30.7 Å². The monoisotopic (exact) mass is 594 g/mol. The number of alkyl halides is 5. The summed E-state index contributed by atoms with van der Waals surface area (Å²) < 4.78 is 106. The molecule has 0 spiro atoms. The van der Waals surface area contributed by atoms with Crippen LogP contribution in [0.15, 0.2) is 60.7 Å². The first-order valence-electron chi connectivity index (χ1n) is 14.4. The highest BCUT2D eigenvalue weighted by Gasteiger charge is 2.44. The van der Waals surface area contributed by atoms with Crippen LogP contribution in [0.2, 0.25) is 0 Å². The van der Waals surface area contributed by atoms with Gasteiger partial charge in [-0.15, -0.1) is 13.2 Å². The van der Waals surface area contributed by atoms with Crippen molar-refractivity contribution in [3.8, 4) is 22.6 Å². The zero-order valence-corrected chi connectivity index (χ0v) is 23.2. The Morgan fingerprint density at radius 2 is 1.24 bits per heavy atom. The number of hydrogen-bond acceptors (Lipinski definition) is 2. The molecule has 0 aliphatic heterocycles. The third-order valence-corrected chi connectivity index (χ3v) is 8.75. The van der Waals surface area contributed by atoms with E-state index in [9.17, 15) is 17.6 Å². The molecule has 0 aromatic heterocycles. The van der Waals surface area contributed by atoms with E-state index in [2.05, 4.69) is 11.7 Å². The number of ether oxygens (including phenoxy) is 2. The fraction of sp³-hybridized carbons (Fsp3) is 0.455. The molecule has 0 unspecified atom stereocenters. The Hall–Kier alpha value is -3.23. The minimum atomic E-state index is -4.86. The van der Waals surface area contributed by atoms with Gasteiger partial charge in [0.2, 0.25) is 0 Å². The van der Waals surface area contributed by atoms with Crippen LogP contribution in [0.5, 0.6) is 11.5 Å². The third kappa shape index (κ3) is 7.21. The highest BCUT2D eigenvalue weighted by molar-refractivity contribution is 5.65. The molecular weight excluding hydrogens is 561 g/mol. The molecule has 0 bridgehead atoms. The molecule has 226 valence electrons. The molecule has 2 aliphatic rings. The van der Waals surface area contributed by atoms with Gasteiger partial charge in [0.15, 0.2) is 0 Å². The van der Waals surface area contributed by atoms with Crippen molar-refractivity contribution < 1.29 is 40.2 Å². The van der Waals surface area contributed by atoms with Crippen molar-refractivity contribution in [2.45, 2.75) is 82.6 Å². The maximum absolute atomic E-state index is 15.1. The summed E-state index contributed by atoms with van der Waals surface area (Å²) in [6.45, 7) is 2.24. The van der Waals surface area contributed by atoms with Gasteiger partial charge in [-0.2, -0.15) is 8.78 Å². The van der Waals surface area contributed by atoms with Crippen LogP contribution in [0.3, 0.4) is 0 Å². The van der Waals surface area contributed by atoms with Gasteiger partial charge in [-0.3, -0.25) is 0 Å². The molecule has 2 aliphatic carbocycles. The zero-order valence-electron chi connectivity index (χ0n) is 23.2. The van der Waals surface area contributed by atoms with Crippen molar-refractivity contribution >= 4 is 0 Å². The normalized spacial score (nSPS) is 23.4. The Balaban J connectivity index is 1.18. The lowest BCUT2D eigenvalue weighted by Gasteiger charge is -2.34. The zero-order chi connectivity index (χ0) is 30.1. The van der Waals surface area contributed by atoms with Gasteiger partial charge in [0.25, 0.3) is 0 Å². The van der Waals surface area contributed by atoms with E-state index in [0.717, 1.165) is 49.4 Å². The predicted octanol–water partition coefficient (Wildman–Crippen LogP) is 10.8. The van der Waals surface area contributed by atoms with Gasteiger partial charge in [0.05, 0.1) is 5.92 Å². The largest absolute Gasteiger partial charge is 0.573 e. The van der Waals surface area contributed by atoms with E-state index in [1.165, 1.54) is 24.3 Å². The lowest BCUT2D eigenvalue weighted by molar-refractivity contribution is -0.274.